The molecule has 0 aromatic rings. The van der Waals surface area contributed by atoms with Gasteiger partial charge in [0.25, 0.3) is 4.87 Å². The van der Waals surface area contributed by atoms with E-state index in [-0.39, 0.29) is 5.57 Å². The van der Waals surface area contributed by atoms with Crippen molar-refractivity contribution < 1.29 is 31.1 Å². The van der Waals surface area contributed by atoms with Gasteiger partial charge in [-0.25, -0.2) is 0 Å². The first kappa shape index (κ1) is 13.2. The highest BCUT2D eigenvalue weighted by Crippen LogP contribution is 2.52. The lowest BCUT2D eigenvalue weighted by molar-refractivity contribution is -0.272. The molecule has 92 valence electrons. The van der Waals surface area contributed by atoms with Gasteiger partial charge < -0.3 is 5.32 Å². The number of alkyl halides is 6. The van der Waals surface area contributed by atoms with Gasteiger partial charge >= 0.3 is 12.4 Å². The second kappa shape index (κ2) is 3.57. The number of hydrogen-bond donors (Lipinski definition) is 1. The van der Waals surface area contributed by atoms with E-state index < -0.39 is 40.6 Å². The average Bonchev–Trinajstić information content (AvgIpc) is 2.05. The van der Waals surface area contributed by atoms with Gasteiger partial charge in [-0.05, 0) is 0 Å². The Hall–Kier alpha value is -0.860. The van der Waals surface area contributed by atoms with Crippen molar-refractivity contribution in [2.75, 3.05) is 5.75 Å². The predicted octanol–water partition coefficient (Wildman–Crippen LogP) is 2.23. The molecule has 0 aromatic carbocycles. The fourth-order valence-corrected chi connectivity index (χ4v) is 2.03. The third kappa shape index (κ3) is 1.87. The Balaban J connectivity index is 3.19. The van der Waals surface area contributed by atoms with Gasteiger partial charge in [0.1, 0.15) is 0 Å². The number of rotatable bonds is 0. The van der Waals surface area contributed by atoms with Crippen LogP contribution in [-0.2, 0) is 4.79 Å². The summed E-state index contributed by atoms with van der Waals surface area (Å²) < 4.78 is 74.4. The first-order chi connectivity index (χ1) is 7.01. The third-order valence-electron chi connectivity index (χ3n) is 1.87. The van der Waals surface area contributed by atoms with Crippen LogP contribution in [0.1, 0.15) is 0 Å². The molecule has 0 bridgehead atoms. The number of amides is 1. The van der Waals surface area contributed by atoms with Gasteiger partial charge in [-0.3, -0.25) is 4.79 Å². The summed E-state index contributed by atoms with van der Waals surface area (Å²) in [7, 11) is 0. The Morgan fingerprint density at radius 1 is 1.19 bits per heavy atom. The van der Waals surface area contributed by atoms with E-state index in [0.717, 1.165) is 5.32 Å². The van der Waals surface area contributed by atoms with Crippen LogP contribution in [0.25, 0.3) is 0 Å². The number of carbonyl (C=O) groups excluding carboxylic acids is 1. The Labute approximate surface area is 90.1 Å². The molecule has 0 saturated carbocycles. The molecule has 1 fully saturated rings. The molecule has 0 radical (unpaired) electrons. The summed E-state index contributed by atoms with van der Waals surface area (Å²) in [5.74, 6) is -2.15. The van der Waals surface area contributed by atoms with Gasteiger partial charge in [-0.1, -0.05) is 6.58 Å². The normalized spacial score (nSPS) is 21.9. The molecule has 0 atom stereocenters. The van der Waals surface area contributed by atoms with E-state index in [1.54, 1.807) is 0 Å². The maximum absolute atomic E-state index is 12.4. The number of thioether (sulfide) groups is 1. The van der Waals surface area contributed by atoms with Gasteiger partial charge in [-0.15, -0.1) is 11.8 Å². The monoisotopic (exact) mass is 265 g/mol. The lowest BCUT2D eigenvalue weighted by Crippen LogP contribution is -2.67. The Bertz CT molecular complexity index is 319. The van der Waals surface area contributed by atoms with Crippen LogP contribution in [0.15, 0.2) is 12.2 Å². The lowest BCUT2D eigenvalue weighted by atomic mass is 10.2. The summed E-state index contributed by atoms with van der Waals surface area (Å²) in [5.41, 5.74) is -0.325. The zero-order valence-corrected chi connectivity index (χ0v) is 8.31. The lowest BCUT2D eigenvalue weighted by Gasteiger charge is -2.39. The van der Waals surface area contributed by atoms with Gasteiger partial charge in [-0.2, -0.15) is 26.3 Å². The van der Waals surface area contributed by atoms with Crippen molar-refractivity contribution >= 4 is 17.7 Å². The highest BCUT2D eigenvalue weighted by Gasteiger charge is 2.73. The van der Waals surface area contributed by atoms with Gasteiger partial charge in [0.05, 0.1) is 0 Å². The molecule has 0 unspecified atom stereocenters. The largest absolute Gasteiger partial charge is 0.430 e. The van der Waals surface area contributed by atoms with E-state index >= 15 is 0 Å². The molecule has 1 rings (SSSR count). The van der Waals surface area contributed by atoms with Crippen LogP contribution < -0.4 is 5.32 Å². The molecule has 1 aliphatic heterocycles. The Morgan fingerprint density at radius 3 is 1.94 bits per heavy atom. The van der Waals surface area contributed by atoms with Crippen LogP contribution >= 0.6 is 11.8 Å². The smallest absolute Gasteiger partial charge is 0.322 e. The van der Waals surface area contributed by atoms with E-state index in [9.17, 15) is 31.1 Å². The van der Waals surface area contributed by atoms with Crippen molar-refractivity contribution in [2.24, 2.45) is 0 Å². The maximum Gasteiger partial charge on any atom is 0.430 e. The molecule has 1 N–H and O–H groups in total. The Kier molecular flexibility index (Phi) is 2.95. The predicted molar refractivity (Wildman–Crippen MR) is 44.6 cm³/mol. The average molecular weight is 265 g/mol. The summed E-state index contributed by atoms with van der Waals surface area (Å²) in [5, 5.41) is 0.934. The van der Waals surface area contributed by atoms with Crippen molar-refractivity contribution in [2.45, 2.75) is 17.2 Å². The van der Waals surface area contributed by atoms with Crippen LogP contribution in [-0.4, -0.2) is 28.9 Å². The second-order valence-corrected chi connectivity index (χ2v) is 4.21. The summed E-state index contributed by atoms with van der Waals surface area (Å²) in [6.45, 7) is 3.06. The Morgan fingerprint density at radius 2 is 1.62 bits per heavy atom. The zero-order valence-electron chi connectivity index (χ0n) is 7.50. The minimum absolute atomic E-state index is 0.325. The van der Waals surface area contributed by atoms with Crippen LogP contribution in [0.3, 0.4) is 0 Å². The van der Waals surface area contributed by atoms with Gasteiger partial charge in [0, 0.05) is 11.3 Å². The first-order valence-electron chi connectivity index (χ1n) is 3.79. The highest BCUT2D eigenvalue weighted by molar-refractivity contribution is 8.01. The topological polar surface area (TPSA) is 29.1 Å². The van der Waals surface area contributed by atoms with E-state index in [2.05, 4.69) is 6.58 Å². The molecule has 16 heavy (non-hydrogen) atoms. The molecular formula is C7H5F6NOS. The quantitative estimate of drug-likeness (QED) is 0.537. The van der Waals surface area contributed by atoms with E-state index in [4.69, 9.17) is 0 Å². The SMILES string of the molecule is C=C1CSC(C(F)(F)F)(C(F)(F)F)NC1=O. The van der Waals surface area contributed by atoms with Crippen molar-refractivity contribution in [1.29, 1.82) is 0 Å². The van der Waals surface area contributed by atoms with Crippen LogP contribution in [0.2, 0.25) is 0 Å². The first-order valence-corrected chi connectivity index (χ1v) is 4.77. The van der Waals surface area contributed by atoms with Crippen molar-refractivity contribution in [1.82, 2.24) is 5.32 Å². The fourth-order valence-electron chi connectivity index (χ4n) is 1.01. The number of carbonyl (C=O) groups is 1. The number of hydrogen-bond acceptors (Lipinski definition) is 2. The molecule has 1 amide bonds. The second-order valence-electron chi connectivity index (χ2n) is 3.02. The number of nitrogens with one attached hydrogen (secondary N) is 1. The summed E-state index contributed by atoms with van der Waals surface area (Å²) >= 11 is -0.445. The third-order valence-corrected chi connectivity index (χ3v) is 3.36. The van der Waals surface area contributed by atoms with Gasteiger partial charge in [0.2, 0.25) is 5.91 Å². The molecule has 0 aromatic heterocycles. The van der Waals surface area contributed by atoms with Crippen molar-refractivity contribution in [3.63, 3.8) is 0 Å². The van der Waals surface area contributed by atoms with E-state index in [1.807, 2.05) is 0 Å². The highest BCUT2D eigenvalue weighted by atomic mass is 32.2. The molecule has 1 saturated heterocycles. The molecule has 2 nitrogen and oxygen atoms in total. The van der Waals surface area contributed by atoms with Crippen LogP contribution in [0, 0.1) is 0 Å². The van der Waals surface area contributed by atoms with Crippen LogP contribution in [0.5, 0.6) is 0 Å². The molecule has 0 spiro atoms. The van der Waals surface area contributed by atoms with Crippen molar-refractivity contribution in [3.05, 3.63) is 12.2 Å². The van der Waals surface area contributed by atoms with Crippen molar-refractivity contribution in [3.8, 4) is 0 Å². The minimum atomic E-state index is -5.62. The zero-order chi connectivity index (χ0) is 12.8. The van der Waals surface area contributed by atoms with E-state index in [1.165, 1.54) is 0 Å². The minimum Gasteiger partial charge on any atom is -0.322 e. The number of halogens is 6. The van der Waals surface area contributed by atoms with Crippen LogP contribution in [0.4, 0.5) is 26.3 Å². The summed E-state index contributed by atoms with van der Waals surface area (Å²) in [4.78, 5) is 6.64. The maximum atomic E-state index is 12.4. The molecule has 1 aliphatic rings. The standard InChI is InChI=1S/C7H5F6NOS/c1-3-2-16-5(6(8,9)10,7(11,12)13)14-4(3)15/h1-2H2,(H,14,15). The fraction of sp³-hybridized carbons (Fsp3) is 0.571. The molecular weight excluding hydrogens is 260 g/mol. The summed E-state index contributed by atoms with van der Waals surface area (Å²) in [6, 6.07) is 0. The molecule has 0 aliphatic carbocycles. The van der Waals surface area contributed by atoms with E-state index in [0.29, 0.717) is 0 Å². The van der Waals surface area contributed by atoms with Gasteiger partial charge in [0.15, 0.2) is 0 Å². The molecule has 1 heterocycles. The molecule has 9 heteroatoms. The summed E-state index contributed by atoms with van der Waals surface area (Å²) in [6.07, 6.45) is -11.2.